The number of rotatable bonds is 7. The average molecular weight is 288 g/mol. The number of H-pyrrole nitrogens is 1. The van der Waals surface area contributed by atoms with Crippen molar-refractivity contribution in [3.05, 3.63) is 11.8 Å². The van der Waals surface area contributed by atoms with Crippen LogP contribution < -0.4 is 10.0 Å². The van der Waals surface area contributed by atoms with Crippen molar-refractivity contribution in [1.82, 2.24) is 14.9 Å². The normalized spacial score (nSPS) is 13.2. The van der Waals surface area contributed by atoms with Gasteiger partial charge < -0.3 is 5.32 Å². The van der Waals surface area contributed by atoms with Crippen molar-refractivity contribution < 1.29 is 13.2 Å². The van der Waals surface area contributed by atoms with Crippen LogP contribution in [0, 0.1) is 0 Å². The van der Waals surface area contributed by atoms with Crippen LogP contribution in [0.5, 0.6) is 0 Å². The third kappa shape index (κ3) is 4.64. The molecule has 1 rings (SSSR count). The molecule has 0 radical (unpaired) electrons. The molecule has 1 unspecified atom stereocenters. The van der Waals surface area contributed by atoms with Crippen LogP contribution in [0.3, 0.4) is 0 Å². The molecule has 108 valence electrons. The number of nitrogens with zero attached hydrogens (tertiary/aromatic N) is 1. The van der Waals surface area contributed by atoms with Gasteiger partial charge in [0.25, 0.3) is 0 Å². The zero-order chi connectivity index (χ0) is 14.5. The van der Waals surface area contributed by atoms with Gasteiger partial charge in [0.1, 0.15) is 5.82 Å². The van der Waals surface area contributed by atoms with Crippen LogP contribution in [0.25, 0.3) is 0 Å². The molecule has 3 N–H and O–H groups in total. The van der Waals surface area contributed by atoms with Gasteiger partial charge in [-0.15, -0.1) is 0 Å². The maximum Gasteiger partial charge on any atom is 0.243 e. The number of carbonyl (C=O) groups excluding carboxylic acids is 1. The first kappa shape index (κ1) is 15.6. The first-order valence-corrected chi connectivity index (χ1v) is 7.88. The molecule has 0 fully saturated rings. The van der Waals surface area contributed by atoms with Crippen LogP contribution >= 0.6 is 0 Å². The second-order valence-electron chi connectivity index (χ2n) is 4.27. The van der Waals surface area contributed by atoms with Crippen molar-refractivity contribution in [2.75, 3.05) is 11.1 Å². The van der Waals surface area contributed by atoms with Gasteiger partial charge in [-0.05, 0) is 19.8 Å². The Morgan fingerprint density at radius 3 is 2.74 bits per heavy atom. The summed E-state index contributed by atoms with van der Waals surface area (Å²) in [6.07, 6.45) is 2.85. The molecule has 1 aromatic rings. The molecule has 0 spiro atoms. The first-order chi connectivity index (χ1) is 8.89. The van der Waals surface area contributed by atoms with Gasteiger partial charge in [0.2, 0.25) is 15.9 Å². The number of anilines is 1. The van der Waals surface area contributed by atoms with Gasteiger partial charge in [0.05, 0.1) is 18.0 Å². The molecule has 1 heterocycles. The van der Waals surface area contributed by atoms with Crippen molar-refractivity contribution in [2.45, 2.75) is 39.7 Å². The number of aromatic amines is 1. The number of amides is 1. The van der Waals surface area contributed by atoms with E-state index in [1.165, 1.54) is 6.92 Å². The molecule has 0 saturated carbocycles. The topological polar surface area (TPSA) is 104 Å². The van der Waals surface area contributed by atoms with Crippen molar-refractivity contribution in [1.29, 1.82) is 0 Å². The molecule has 8 heteroatoms. The predicted molar refractivity (Wildman–Crippen MR) is 73.3 cm³/mol. The summed E-state index contributed by atoms with van der Waals surface area (Å²) in [4.78, 5) is 11.9. The van der Waals surface area contributed by atoms with Crippen LogP contribution in [0.4, 0.5) is 5.82 Å². The molecule has 7 nitrogen and oxygen atoms in total. The van der Waals surface area contributed by atoms with Crippen molar-refractivity contribution in [2.24, 2.45) is 0 Å². The first-order valence-electron chi connectivity index (χ1n) is 6.22. The Kier molecular flexibility index (Phi) is 5.49. The molecule has 0 aliphatic heterocycles. The van der Waals surface area contributed by atoms with Crippen LogP contribution in [0.15, 0.2) is 6.20 Å². The molecule has 0 aliphatic carbocycles. The number of nitrogens with one attached hydrogen (secondary N) is 3. The summed E-state index contributed by atoms with van der Waals surface area (Å²) in [5, 5.41) is 9.12. The Morgan fingerprint density at radius 2 is 2.16 bits per heavy atom. The lowest BCUT2D eigenvalue weighted by Crippen LogP contribution is -2.42. The summed E-state index contributed by atoms with van der Waals surface area (Å²) in [5.41, 5.74) is 0.872. The Balaban J connectivity index is 2.63. The second-order valence-corrected chi connectivity index (χ2v) is 6.14. The van der Waals surface area contributed by atoms with Crippen molar-refractivity contribution in [3.63, 3.8) is 0 Å². The van der Waals surface area contributed by atoms with E-state index in [9.17, 15) is 13.2 Å². The standard InChI is InChI=1S/C11H20N4O3S/c1-4-6-19(17,18)15-8(3)11(16)13-10-9(5-2)7-12-14-10/h7-8,15H,4-6H2,1-3H3,(H2,12,13,14,16). The van der Waals surface area contributed by atoms with Gasteiger partial charge in [-0.25, -0.2) is 13.1 Å². The highest BCUT2D eigenvalue weighted by atomic mass is 32.2. The Bertz CT molecular complexity index is 524. The maximum absolute atomic E-state index is 11.9. The van der Waals surface area contributed by atoms with E-state index in [0.717, 1.165) is 12.0 Å². The van der Waals surface area contributed by atoms with E-state index in [4.69, 9.17) is 0 Å². The molecular weight excluding hydrogens is 268 g/mol. The Morgan fingerprint density at radius 1 is 1.47 bits per heavy atom. The molecule has 1 amide bonds. The number of hydrogen-bond acceptors (Lipinski definition) is 4. The number of aryl methyl sites for hydroxylation is 1. The molecule has 0 bridgehead atoms. The van der Waals surface area contributed by atoms with E-state index < -0.39 is 22.0 Å². The fraction of sp³-hybridized carbons (Fsp3) is 0.636. The summed E-state index contributed by atoms with van der Waals surface area (Å²) in [6.45, 7) is 5.21. The minimum absolute atomic E-state index is 0.00882. The predicted octanol–water partition coefficient (Wildman–Crippen LogP) is 0.628. The SMILES string of the molecule is CCCS(=O)(=O)NC(C)C(=O)Nc1[nH]ncc1CC. The zero-order valence-corrected chi connectivity index (χ0v) is 12.2. The second kappa shape index (κ2) is 6.67. The lowest BCUT2D eigenvalue weighted by molar-refractivity contribution is -0.117. The Labute approximate surface area is 113 Å². The molecule has 1 atom stereocenters. The maximum atomic E-state index is 11.9. The summed E-state index contributed by atoms with van der Waals surface area (Å²) >= 11 is 0. The van der Waals surface area contributed by atoms with Gasteiger partial charge in [-0.3, -0.25) is 9.89 Å². The molecule has 1 aromatic heterocycles. The summed E-state index contributed by atoms with van der Waals surface area (Å²) in [5.74, 6) is 0.0992. The van der Waals surface area contributed by atoms with E-state index in [-0.39, 0.29) is 5.75 Å². The summed E-state index contributed by atoms with van der Waals surface area (Å²) in [6, 6.07) is -0.829. The highest BCUT2D eigenvalue weighted by Gasteiger charge is 2.20. The minimum atomic E-state index is -3.41. The number of hydrogen-bond donors (Lipinski definition) is 3. The van der Waals surface area contributed by atoms with Crippen molar-refractivity contribution in [3.8, 4) is 0 Å². The molecule has 0 saturated heterocycles. The van der Waals surface area contributed by atoms with E-state index in [1.54, 1.807) is 13.1 Å². The van der Waals surface area contributed by atoms with Crippen molar-refractivity contribution >= 4 is 21.7 Å². The van der Waals surface area contributed by atoms with Gasteiger partial charge in [-0.1, -0.05) is 13.8 Å². The van der Waals surface area contributed by atoms with Gasteiger partial charge in [0.15, 0.2) is 0 Å². The zero-order valence-electron chi connectivity index (χ0n) is 11.4. The van der Waals surface area contributed by atoms with Crippen LogP contribution in [0.1, 0.15) is 32.8 Å². The van der Waals surface area contributed by atoms with E-state index >= 15 is 0 Å². The van der Waals surface area contributed by atoms with E-state index in [0.29, 0.717) is 12.2 Å². The average Bonchev–Trinajstić information content (AvgIpc) is 2.75. The third-order valence-electron chi connectivity index (χ3n) is 2.57. The fourth-order valence-corrected chi connectivity index (χ4v) is 2.87. The lowest BCUT2D eigenvalue weighted by atomic mass is 10.2. The minimum Gasteiger partial charge on any atom is -0.309 e. The third-order valence-corrected chi connectivity index (χ3v) is 4.23. The number of sulfonamides is 1. The summed E-state index contributed by atoms with van der Waals surface area (Å²) in [7, 11) is -3.41. The number of aromatic nitrogens is 2. The van der Waals surface area contributed by atoms with Crippen LogP contribution in [-0.2, 0) is 21.2 Å². The van der Waals surface area contributed by atoms with Gasteiger partial charge >= 0.3 is 0 Å². The number of carbonyl (C=O) groups is 1. The summed E-state index contributed by atoms with van der Waals surface area (Å²) < 4.78 is 25.5. The van der Waals surface area contributed by atoms with E-state index in [1.807, 2.05) is 6.92 Å². The quantitative estimate of drug-likeness (QED) is 0.684. The van der Waals surface area contributed by atoms with E-state index in [2.05, 4.69) is 20.2 Å². The fourth-order valence-electron chi connectivity index (χ4n) is 1.57. The Hall–Kier alpha value is -1.41. The van der Waals surface area contributed by atoms with Gasteiger partial charge in [0, 0.05) is 5.56 Å². The van der Waals surface area contributed by atoms with Crippen LogP contribution in [0.2, 0.25) is 0 Å². The highest BCUT2D eigenvalue weighted by molar-refractivity contribution is 7.89. The molecular formula is C11H20N4O3S. The highest BCUT2D eigenvalue weighted by Crippen LogP contribution is 2.11. The van der Waals surface area contributed by atoms with Gasteiger partial charge in [-0.2, -0.15) is 5.10 Å². The smallest absolute Gasteiger partial charge is 0.243 e. The molecule has 0 aromatic carbocycles. The van der Waals surface area contributed by atoms with Crippen LogP contribution in [-0.4, -0.2) is 36.3 Å². The molecule has 19 heavy (non-hydrogen) atoms. The lowest BCUT2D eigenvalue weighted by Gasteiger charge is -2.13. The largest absolute Gasteiger partial charge is 0.309 e. The molecule has 0 aliphatic rings. The monoisotopic (exact) mass is 288 g/mol.